The van der Waals surface area contributed by atoms with Crippen molar-refractivity contribution in [1.29, 1.82) is 0 Å². The Balaban J connectivity index is 1.36. The first-order valence-corrected chi connectivity index (χ1v) is 10.0. The Morgan fingerprint density at radius 1 is 1.10 bits per heavy atom. The van der Waals surface area contributed by atoms with Crippen molar-refractivity contribution >= 4 is 0 Å². The predicted octanol–water partition coefficient (Wildman–Crippen LogP) is 2.76. The van der Waals surface area contributed by atoms with E-state index in [0.29, 0.717) is 19.2 Å². The molecule has 0 saturated heterocycles. The molecule has 0 amide bonds. The third-order valence-corrected chi connectivity index (χ3v) is 4.90. The summed E-state index contributed by atoms with van der Waals surface area (Å²) < 4.78 is 12.8. The number of hydrogen-bond acceptors (Lipinski definition) is 7. The third-order valence-electron chi connectivity index (χ3n) is 4.90. The van der Waals surface area contributed by atoms with Crippen molar-refractivity contribution in [1.82, 2.24) is 30.0 Å². The van der Waals surface area contributed by atoms with E-state index in [4.69, 9.17) is 9.47 Å². The van der Waals surface area contributed by atoms with Gasteiger partial charge < -0.3 is 14.8 Å². The molecule has 1 aromatic carbocycles. The van der Waals surface area contributed by atoms with E-state index in [1.54, 1.807) is 11.0 Å². The van der Waals surface area contributed by atoms with E-state index < -0.39 is 0 Å². The molecule has 0 radical (unpaired) electrons. The molecule has 8 nitrogen and oxygen atoms in total. The smallest absolute Gasteiger partial charge is 0.252 e. The zero-order chi connectivity index (χ0) is 21.0. The Bertz CT molecular complexity index is 1030. The summed E-state index contributed by atoms with van der Waals surface area (Å²) in [4.78, 5) is 13.1. The van der Waals surface area contributed by atoms with Gasteiger partial charge in [-0.05, 0) is 51.0 Å². The highest BCUT2D eigenvalue weighted by atomic mass is 16.6. The van der Waals surface area contributed by atoms with Gasteiger partial charge in [-0.2, -0.15) is 9.78 Å². The maximum Gasteiger partial charge on any atom is 0.252 e. The first-order chi connectivity index (χ1) is 14.5. The number of allylic oxidation sites excluding steroid dienone is 1. The van der Waals surface area contributed by atoms with Gasteiger partial charge in [0, 0.05) is 12.2 Å². The van der Waals surface area contributed by atoms with Crippen LogP contribution < -0.4 is 14.8 Å². The molecular weight excluding hydrogens is 380 g/mol. The molecule has 3 aromatic rings. The average molecular weight is 406 g/mol. The number of rotatable bonds is 7. The molecule has 0 unspecified atom stereocenters. The monoisotopic (exact) mass is 406 g/mol. The summed E-state index contributed by atoms with van der Waals surface area (Å²) in [7, 11) is 0. The summed E-state index contributed by atoms with van der Waals surface area (Å²) in [6.07, 6.45) is 8.19. The van der Waals surface area contributed by atoms with Crippen LogP contribution in [0.15, 0.2) is 49.1 Å². The van der Waals surface area contributed by atoms with Crippen LogP contribution in [0.1, 0.15) is 30.8 Å². The lowest BCUT2D eigenvalue weighted by atomic mass is 9.99. The van der Waals surface area contributed by atoms with Gasteiger partial charge in [0.2, 0.25) is 0 Å². The Kier molecular flexibility index (Phi) is 5.76. The van der Waals surface area contributed by atoms with Crippen molar-refractivity contribution in [2.75, 3.05) is 19.8 Å². The lowest BCUT2D eigenvalue weighted by molar-refractivity contribution is 0.171. The Morgan fingerprint density at radius 2 is 1.93 bits per heavy atom. The van der Waals surface area contributed by atoms with Crippen molar-refractivity contribution in [3.05, 3.63) is 66.0 Å². The fourth-order valence-corrected chi connectivity index (χ4v) is 3.21. The van der Waals surface area contributed by atoms with Crippen LogP contribution in [0.5, 0.6) is 11.5 Å². The second kappa shape index (κ2) is 8.62. The SMILES string of the molecule is Cc1cc(C(C)(C)NCC=CCc2ccc3c(c2)OCCO3)nc(-n2cncn2)n1. The van der Waals surface area contributed by atoms with Crippen molar-refractivity contribution in [3.8, 4) is 17.4 Å². The maximum absolute atomic E-state index is 5.65. The fraction of sp³-hybridized carbons (Fsp3) is 0.364. The van der Waals surface area contributed by atoms with Gasteiger partial charge in [-0.3, -0.25) is 0 Å². The number of aryl methyl sites for hydroxylation is 1. The highest BCUT2D eigenvalue weighted by Crippen LogP contribution is 2.30. The third kappa shape index (κ3) is 4.65. The molecule has 4 rings (SSSR count). The van der Waals surface area contributed by atoms with E-state index >= 15 is 0 Å². The van der Waals surface area contributed by atoms with Crippen LogP contribution in [0.2, 0.25) is 0 Å². The second-order valence-electron chi connectivity index (χ2n) is 7.69. The van der Waals surface area contributed by atoms with E-state index in [-0.39, 0.29) is 5.54 Å². The van der Waals surface area contributed by atoms with Crippen molar-refractivity contribution in [3.63, 3.8) is 0 Å². The van der Waals surface area contributed by atoms with Gasteiger partial charge in [0.05, 0.1) is 11.2 Å². The van der Waals surface area contributed by atoms with Crippen LogP contribution in [0, 0.1) is 6.92 Å². The van der Waals surface area contributed by atoms with Gasteiger partial charge in [-0.1, -0.05) is 18.2 Å². The summed E-state index contributed by atoms with van der Waals surface area (Å²) in [5, 5.41) is 7.67. The number of ether oxygens (including phenoxy) is 2. The topological polar surface area (TPSA) is 87.0 Å². The zero-order valence-electron chi connectivity index (χ0n) is 17.5. The first-order valence-electron chi connectivity index (χ1n) is 10.0. The van der Waals surface area contributed by atoms with E-state index in [0.717, 1.165) is 35.9 Å². The van der Waals surface area contributed by atoms with Crippen LogP contribution >= 0.6 is 0 Å². The van der Waals surface area contributed by atoms with E-state index in [9.17, 15) is 0 Å². The molecule has 0 saturated carbocycles. The van der Waals surface area contributed by atoms with Gasteiger partial charge in [0.1, 0.15) is 25.9 Å². The maximum atomic E-state index is 5.65. The molecule has 1 aliphatic heterocycles. The van der Waals surface area contributed by atoms with Gasteiger partial charge in [0.15, 0.2) is 11.5 Å². The number of benzene rings is 1. The minimum atomic E-state index is -0.329. The highest BCUT2D eigenvalue weighted by molar-refractivity contribution is 5.44. The van der Waals surface area contributed by atoms with Crippen molar-refractivity contribution < 1.29 is 9.47 Å². The summed E-state index contributed by atoms with van der Waals surface area (Å²) >= 11 is 0. The van der Waals surface area contributed by atoms with Crippen LogP contribution in [0.3, 0.4) is 0 Å². The quantitative estimate of drug-likeness (QED) is 0.604. The van der Waals surface area contributed by atoms with Crippen LogP contribution in [-0.4, -0.2) is 44.5 Å². The molecule has 2 aromatic heterocycles. The van der Waals surface area contributed by atoms with Crippen molar-refractivity contribution in [2.24, 2.45) is 0 Å². The van der Waals surface area contributed by atoms with Crippen molar-refractivity contribution in [2.45, 2.75) is 32.7 Å². The van der Waals surface area contributed by atoms with Crippen LogP contribution in [0.4, 0.5) is 0 Å². The van der Waals surface area contributed by atoms with Gasteiger partial charge in [-0.25, -0.2) is 15.0 Å². The molecule has 30 heavy (non-hydrogen) atoms. The van der Waals surface area contributed by atoms with Crippen LogP contribution in [0.25, 0.3) is 5.95 Å². The molecule has 0 fully saturated rings. The summed E-state index contributed by atoms with van der Waals surface area (Å²) in [6.45, 7) is 8.10. The van der Waals surface area contributed by atoms with Gasteiger partial charge in [-0.15, -0.1) is 0 Å². The number of hydrogen-bond donors (Lipinski definition) is 1. The number of fused-ring (bicyclic) bond motifs is 1. The minimum Gasteiger partial charge on any atom is -0.486 e. The molecule has 156 valence electrons. The van der Waals surface area contributed by atoms with E-state index in [1.807, 2.05) is 25.1 Å². The molecular formula is C22H26N6O2. The highest BCUT2D eigenvalue weighted by Gasteiger charge is 2.22. The second-order valence-corrected chi connectivity index (χ2v) is 7.69. The molecule has 1 N–H and O–H groups in total. The fourth-order valence-electron chi connectivity index (χ4n) is 3.21. The van der Waals surface area contributed by atoms with Gasteiger partial charge in [0.25, 0.3) is 5.95 Å². The molecule has 1 aliphatic rings. The molecule has 0 bridgehead atoms. The van der Waals surface area contributed by atoms with E-state index in [2.05, 4.69) is 57.4 Å². The predicted molar refractivity (Wildman–Crippen MR) is 113 cm³/mol. The molecule has 0 spiro atoms. The normalized spacial score (nSPS) is 13.7. The summed E-state index contributed by atoms with van der Waals surface area (Å²) in [6, 6.07) is 8.09. The van der Waals surface area contributed by atoms with E-state index in [1.165, 1.54) is 11.9 Å². The summed E-state index contributed by atoms with van der Waals surface area (Å²) in [5.74, 6) is 2.17. The Hall–Kier alpha value is -3.26. The first kappa shape index (κ1) is 20.0. The largest absolute Gasteiger partial charge is 0.486 e. The molecule has 3 heterocycles. The number of nitrogens with zero attached hydrogens (tertiary/aromatic N) is 5. The lowest BCUT2D eigenvalue weighted by Gasteiger charge is -2.25. The van der Waals surface area contributed by atoms with Gasteiger partial charge >= 0.3 is 0 Å². The molecule has 0 aliphatic carbocycles. The zero-order valence-corrected chi connectivity index (χ0v) is 17.5. The summed E-state index contributed by atoms with van der Waals surface area (Å²) in [5.41, 5.74) is 2.65. The standard InChI is InChI=1S/C22H26N6O2/c1-16-12-20(27-21(26-16)28-15-23-14-25-28)22(2,3)24-9-5-4-6-17-7-8-18-19(13-17)30-11-10-29-18/h4-5,7-8,12-15,24H,6,9-11H2,1-3H3. The van der Waals surface area contributed by atoms with Crippen LogP contribution in [-0.2, 0) is 12.0 Å². The Labute approximate surface area is 176 Å². The lowest BCUT2D eigenvalue weighted by Crippen LogP contribution is -2.37. The Morgan fingerprint density at radius 3 is 2.73 bits per heavy atom. The molecule has 0 atom stereocenters. The minimum absolute atomic E-state index is 0.329. The molecule has 8 heteroatoms. The average Bonchev–Trinajstić information content (AvgIpc) is 3.28. The number of aromatic nitrogens is 5. The number of nitrogens with one attached hydrogen (secondary N) is 1.